The van der Waals surface area contributed by atoms with Crippen molar-refractivity contribution in [2.75, 3.05) is 6.54 Å². The molecule has 2 N–H and O–H groups in total. The van der Waals surface area contributed by atoms with Crippen LogP contribution in [-0.4, -0.2) is 47.5 Å². The second kappa shape index (κ2) is 5.25. The van der Waals surface area contributed by atoms with E-state index in [1.807, 2.05) is 0 Å². The number of aromatic carboxylic acids is 1. The van der Waals surface area contributed by atoms with Crippen LogP contribution in [0.15, 0.2) is 11.0 Å². The quantitative estimate of drug-likeness (QED) is 0.779. The Morgan fingerprint density at radius 3 is 2.14 bits per heavy atom. The first-order valence-corrected chi connectivity index (χ1v) is 7.18. The first-order chi connectivity index (χ1) is 10.1. The molecule has 1 saturated heterocycles. The summed E-state index contributed by atoms with van der Waals surface area (Å²) in [7, 11) is -4.81. The molecule has 11 heteroatoms. The number of carboxylic acids is 2. The fourth-order valence-corrected chi connectivity index (χ4v) is 3.66. The van der Waals surface area contributed by atoms with E-state index in [2.05, 4.69) is 0 Å². The zero-order valence-corrected chi connectivity index (χ0v) is 11.4. The van der Waals surface area contributed by atoms with Crippen LogP contribution >= 0.6 is 0 Å². The molecule has 1 heterocycles. The Bertz CT molecular complexity index is 779. The molecule has 0 spiro atoms. The van der Waals surface area contributed by atoms with Gasteiger partial charge in [0.2, 0.25) is 10.0 Å². The number of hydrogen-bond donors (Lipinski definition) is 2. The lowest BCUT2D eigenvalue weighted by Gasteiger charge is -2.36. The number of benzene rings is 1. The standard InChI is InChI=1S/C11H8F3NO6S/c12-7-4(10(16)17)3-6(8(13)9(7)14)22(20,21)15-2-1-5(15)11(18)19/h3,5H,1-2H2,(H,16,17)(H,18,19). The summed E-state index contributed by atoms with van der Waals surface area (Å²) in [6, 6.07) is -1.34. The number of carbonyl (C=O) groups is 2. The maximum Gasteiger partial charge on any atom is 0.338 e. The normalized spacial score (nSPS) is 18.8. The Balaban J connectivity index is 2.62. The Hall–Kier alpha value is -2.14. The first kappa shape index (κ1) is 16.2. The van der Waals surface area contributed by atoms with Gasteiger partial charge in [-0.3, -0.25) is 4.79 Å². The SMILES string of the molecule is O=C(O)c1cc(S(=O)(=O)N2CCC2C(=O)O)c(F)c(F)c1F. The molecule has 22 heavy (non-hydrogen) atoms. The summed E-state index contributed by atoms with van der Waals surface area (Å²) < 4.78 is 65.0. The van der Waals surface area contributed by atoms with Crippen LogP contribution in [0, 0.1) is 17.5 Å². The van der Waals surface area contributed by atoms with Crippen molar-refractivity contribution in [1.29, 1.82) is 0 Å². The zero-order valence-electron chi connectivity index (χ0n) is 10.6. The second-order valence-corrected chi connectivity index (χ2v) is 6.29. The zero-order chi connectivity index (χ0) is 16.8. The minimum Gasteiger partial charge on any atom is -0.480 e. The smallest absolute Gasteiger partial charge is 0.338 e. The summed E-state index contributed by atoms with van der Waals surface area (Å²) in [5.74, 6) is -9.88. The van der Waals surface area contributed by atoms with Crippen LogP contribution in [0.25, 0.3) is 0 Å². The molecule has 1 aromatic rings. The molecular formula is C11H8F3NO6S. The Kier molecular flexibility index (Phi) is 3.87. The molecule has 1 aliphatic rings. The number of carboxylic acid groups (broad SMARTS) is 2. The summed E-state index contributed by atoms with van der Waals surface area (Å²) in [5.41, 5.74) is -1.37. The van der Waals surface area contributed by atoms with E-state index in [1.165, 1.54) is 0 Å². The summed E-state index contributed by atoms with van der Waals surface area (Å²) in [6.07, 6.45) is -0.0361. The van der Waals surface area contributed by atoms with Gasteiger partial charge >= 0.3 is 11.9 Å². The van der Waals surface area contributed by atoms with Gasteiger partial charge in [0.25, 0.3) is 0 Å². The maximum absolute atomic E-state index is 13.7. The highest BCUT2D eigenvalue weighted by atomic mass is 32.2. The minimum absolute atomic E-state index is 0.0361. The van der Waals surface area contributed by atoms with E-state index < -0.39 is 55.9 Å². The van der Waals surface area contributed by atoms with Gasteiger partial charge in [-0.25, -0.2) is 26.4 Å². The van der Waals surface area contributed by atoms with E-state index in [-0.39, 0.29) is 19.0 Å². The Labute approximate surface area is 121 Å². The Morgan fingerprint density at radius 1 is 1.14 bits per heavy atom. The van der Waals surface area contributed by atoms with Gasteiger partial charge in [0, 0.05) is 6.54 Å². The molecule has 1 fully saturated rings. The molecule has 0 bridgehead atoms. The van der Waals surface area contributed by atoms with Gasteiger partial charge in [0.1, 0.15) is 10.9 Å². The highest BCUT2D eigenvalue weighted by Gasteiger charge is 2.45. The lowest BCUT2D eigenvalue weighted by atomic mass is 10.1. The van der Waals surface area contributed by atoms with Crippen molar-refractivity contribution in [2.45, 2.75) is 17.4 Å². The van der Waals surface area contributed by atoms with Crippen molar-refractivity contribution in [1.82, 2.24) is 4.31 Å². The average molecular weight is 339 g/mol. The van der Waals surface area contributed by atoms with Crippen molar-refractivity contribution >= 4 is 22.0 Å². The number of rotatable bonds is 4. The van der Waals surface area contributed by atoms with Crippen LogP contribution in [0.4, 0.5) is 13.2 Å². The summed E-state index contributed by atoms with van der Waals surface area (Å²) in [4.78, 5) is 20.2. The molecule has 1 aliphatic heterocycles. The van der Waals surface area contributed by atoms with Crippen LogP contribution in [0.1, 0.15) is 16.8 Å². The predicted molar refractivity (Wildman–Crippen MR) is 63.2 cm³/mol. The van der Waals surface area contributed by atoms with Gasteiger partial charge in [-0.2, -0.15) is 4.31 Å². The summed E-state index contributed by atoms with van der Waals surface area (Å²) in [5, 5.41) is 17.5. The highest BCUT2D eigenvalue weighted by Crippen LogP contribution is 2.31. The third kappa shape index (κ3) is 2.31. The minimum atomic E-state index is -4.81. The summed E-state index contributed by atoms with van der Waals surface area (Å²) >= 11 is 0. The number of nitrogens with zero attached hydrogens (tertiary/aromatic N) is 1. The average Bonchev–Trinajstić information content (AvgIpc) is 2.32. The molecule has 1 atom stereocenters. The van der Waals surface area contributed by atoms with Gasteiger partial charge in [-0.1, -0.05) is 0 Å². The van der Waals surface area contributed by atoms with E-state index >= 15 is 0 Å². The van der Waals surface area contributed by atoms with Crippen LogP contribution < -0.4 is 0 Å². The number of halogens is 3. The van der Waals surface area contributed by atoms with Crippen molar-refractivity contribution in [3.63, 3.8) is 0 Å². The van der Waals surface area contributed by atoms with E-state index in [9.17, 15) is 31.2 Å². The fourth-order valence-electron chi connectivity index (χ4n) is 1.95. The van der Waals surface area contributed by atoms with Crippen LogP contribution in [0.5, 0.6) is 0 Å². The second-order valence-electron chi connectivity index (χ2n) is 4.43. The van der Waals surface area contributed by atoms with E-state index in [1.54, 1.807) is 0 Å². The van der Waals surface area contributed by atoms with Gasteiger partial charge in [0.15, 0.2) is 17.5 Å². The van der Waals surface area contributed by atoms with Gasteiger partial charge in [-0.15, -0.1) is 0 Å². The highest BCUT2D eigenvalue weighted by molar-refractivity contribution is 7.89. The van der Waals surface area contributed by atoms with Gasteiger partial charge in [-0.05, 0) is 12.5 Å². The molecule has 1 aromatic carbocycles. The molecule has 7 nitrogen and oxygen atoms in total. The predicted octanol–water partition coefficient (Wildman–Crippen LogP) is 0.650. The van der Waals surface area contributed by atoms with Crippen LogP contribution in [-0.2, 0) is 14.8 Å². The monoisotopic (exact) mass is 339 g/mol. The van der Waals surface area contributed by atoms with E-state index in [4.69, 9.17) is 10.2 Å². The number of sulfonamides is 1. The van der Waals surface area contributed by atoms with E-state index in [0.717, 1.165) is 0 Å². The lowest BCUT2D eigenvalue weighted by molar-refractivity contribution is -0.144. The molecule has 0 radical (unpaired) electrons. The molecule has 1 unspecified atom stereocenters. The number of aliphatic carboxylic acids is 1. The van der Waals surface area contributed by atoms with Crippen molar-refractivity contribution in [3.05, 3.63) is 29.1 Å². The van der Waals surface area contributed by atoms with Crippen molar-refractivity contribution in [3.8, 4) is 0 Å². The molecule has 0 saturated carbocycles. The first-order valence-electron chi connectivity index (χ1n) is 5.74. The lowest BCUT2D eigenvalue weighted by Crippen LogP contribution is -2.55. The summed E-state index contributed by atoms with van der Waals surface area (Å²) in [6.45, 7) is -0.264. The third-order valence-electron chi connectivity index (χ3n) is 3.19. The largest absolute Gasteiger partial charge is 0.480 e. The van der Waals surface area contributed by atoms with Gasteiger partial charge in [0.05, 0.1) is 5.56 Å². The number of hydrogen-bond acceptors (Lipinski definition) is 4. The molecule has 0 amide bonds. The van der Waals surface area contributed by atoms with E-state index in [0.29, 0.717) is 4.31 Å². The van der Waals surface area contributed by atoms with Crippen molar-refractivity contribution < 1.29 is 41.4 Å². The Morgan fingerprint density at radius 2 is 1.73 bits per heavy atom. The van der Waals surface area contributed by atoms with Gasteiger partial charge < -0.3 is 10.2 Å². The fraction of sp³-hybridized carbons (Fsp3) is 0.273. The molecule has 2 rings (SSSR count). The topological polar surface area (TPSA) is 112 Å². The maximum atomic E-state index is 13.7. The third-order valence-corrected chi connectivity index (χ3v) is 5.09. The molecule has 0 aliphatic carbocycles. The molecular weight excluding hydrogens is 331 g/mol. The van der Waals surface area contributed by atoms with Crippen molar-refractivity contribution in [2.24, 2.45) is 0 Å². The molecule has 0 aromatic heterocycles. The van der Waals surface area contributed by atoms with Crippen LogP contribution in [0.3, 0.4) is 0 Å². The molecule has 120 valence electrons. The van der Waals surface area contributed by atoms with Crippen LogP contribution in [0.2, 0.25) is 0 Å².